The topological polar surface area (TPSA) is 21.7 Å². The molecular formula is C11H18ClNO2. The van der Waals surface area contributed by atoms with Crippen molar-refractivity contribution in [3.05, 3.63) is 11.6 Å². The molecular weight excluding hydrogens is 214 g/mol. The molecule has 0 spiro atoms. The summed E-state index contributed by atoms with van der Waals surface area (Å²) in [5, 5.41) is 0. The fourth-order valence-electron chi connectivity index (χ4n) is 2.32. The van der Waals surface area contributed by atoms with Gasteiger partial charge in [0.15, 0.2) is 6.29 Å². The smallest absolute Gasteiger partial charge is 0.161 e. The summed E-state index contributed by atoms with van der Waals surface area (Å²) in [6.07, 6.45) is 4.46. The van der Waals surface area contributed by atoms with E-state index in [2.05, 4.69) is 4.90 Å². The maximum absolute atomic E-state index is 5.55. The van der Waals surface area contributed by atoms with Gasteiger partial charge in [-0.05, 0) is 19.4 Å². The maximum atomic E-state index is 5.55. The SMILES string of the molecule is Cl/C=C/CN1CCCC(C2OCCO2)C1. The van der Waals surface area contributed by atoms with Crippen LogP contribution in [0.3, 0.4) is 0 Å². The van der Waals surface area contributed by atoms with Gasteiger partial charge in [-0.25, -0.2) is 0 Å². The molecule has 1 unspecified atom stereocenters. The minimum Gasteiger partial charge on any atom is -0.350 e. The van der Waals surface area contributed by atoms with Crippen LogP contribution in [-0.2, 0) is 9.47 Å². The fraction of sp³-hybridized carbons (Fsp3) is 0.818. The van der Waals surface area contributed by atoms with E-state index in [1.54, 1.807) is 5.54 Å². The molecule has 0 radical (unpaired) electrons. The summed E-state index contributed by atoms with van der Waals surface area (Å²) < 4.78 is 11.1. The molecule has 2 aliphatic heterocycles. The van der Waals surface area contributed by atoms with Gasteiger partial charge < -0.3 is 9.47 Å². The number of piperidine rings is 1. The van der Waals surface area contributed by atoms with Gasteiger partial charge in [0.05, 0.1) is 13.2 Å². The molecule has 2 saturated heterocycles. The van der Waals surface area contributed by atoms with Crippen LogP contribution in [-0.4, -0.2) is 44.0 Å². The summed E-state index contributed by atoms with van der Waals surface area (Å²) in [4.78, 5) is 2.40. The van der Waals surface area contributed by atoms with Crippen LogP contribution in [0.1, 0.15) is 12.8 Å². The first kappa shape index (κ1) is 11.4. The van der Waals surface area contributed by atoms with Gasteiger partial charge in [0, 0.05) is 24.5 Å². The Morgan fingerprint density at radius 3 is 2.87 bits per heavy atom. The van der Waals surface area contributed by atoms with Gasteiger partial charge in [0.2, 0.25) is 0 Å². The number of likely N-dealkylation sites (tertiary alicyclic amines) is 1. The summed E-state index contributed by atoms with van der Waals surface area (Å²) in [5.74, 6) is 0.532. The lowest BCUT2D eigenvalue weighted by Crippen LogP contribution is -2.40. The number of hydrogen-bond acceptors (Lipinski definition) is 3. The molecule has 2 aliphatic rings. The summed E-state index contributed by atoms with van der Waals surface area (Å²) in [7, 11) is 0. The standard InChI is InChI=1S/C11H18ClNO2/c12-4-2-6-13-5-1-3-10(9-13)11-14-7-8-15-11/h2,4,10-11H,1,3,5-9H2/b4-2+. The average Bonchev–Trinajstić information content (AvgIpc) is 2.80. The van der Waals surface area contributed by atoms with Crippen LogP contribution >= 0.6 is 11.6 Å². The minimum absolute atomic E-state index is 0.0350. The number of rotatable bonds is 3. The van der Waals surface area contributed by atoms with Crippen molar-refractivity contribution in [3.8, 4) is 0 Å². The third-order valence-corrected chi connectivity index (χ3v) is 3.21. The van der Waals surface area contributed by atoms with Crippen LogP contribution in [0.4, 0.5) is 0 Å². The van der Waals surface area contributed by atoms with E-state index in [0.717, 1.165) is 32.8 Å². The molecule has 0 aromatic carbocycles. The molecule has 0 amide bonds. The Hall–Kier alpha value is -0.0900. The summed E-state index contributed by atoms with van der Waals surface area (Å²) in [6, 6.07) is 0. The van der Waals surface area contributed by atoms with E-state index in [9.17, 15) is 0 Å². The van der Waals surface area contributed by atoms with Crippen LogP contribution in [0.5, 0.6) is 0 Å². The van der Waals surface area contributed by atoms with Crippen molar-refractivity contribution in [1.29, 1.82) is 0 Å². The van der Waals surface area contributed by atoms with Gasteiger partial charge >= 0.3 is 0 Å². The molecule has 2 rings (SSSR count). The Balaban J connectivity index is 1.80. The molecule has 0 N–H and O–H groups in total. The van der Waals surface area contributed by atoms with Crippen molar-refractivity contribution in [2.75, 3.05) is 32.8 Å². The predicted octanol–water partition coefficient (Wildman–Crippen LogP) is 1.82. The molecule has 0 aromatic heterocycles. The second kappa shape index (κ2) is 5.85. The number of nitrogens with zero attached hydrogens (tertiary/aromatic N) is 1. The van der Waals surface area contributed by atoms with Crippen LogP contribution in [0, 0.1) is 5.92 Å². The Bertz CT molecular complexity index is 217. The second-order valence-corrected chi connectivity index (χ2v) is 4.39. The number of hydrogen-bond donors (Lipinski definition) is 0. The first-order valence-electron chi connectivity index (χ1n) is 5.61. The third-order valence-electron chi connectivity index (χ3n) is 3.03. The average molecular weight is 232 g/mol. The van der Waals surface area contributed by atoms with Crippen molar-refractivity contribution < 1.29 is 9.47 Å². The first-order valence-corrected chi connectivity index (χ1v) is 6.04. The van der Waals surface area contributed by atoms with Crippen molar-refractivity contribution in [3.63, 3.8) is 0 Å². The minimum atomic E-state index is 0.0350. The van der Waals surface area contributed by atoms with Crippen LogP contribution in [0.15, 0.2) is 11.6 Å². The van der Waals surface area contributed by atoms with Gasteiger partial charge in [-0.2, -0.15) is 0 Å². The maximum Gasteiger partial charge on any atom is 0.161 e. The quantitative estimate of drug-likeness (QED) is 0.740. The number of ether oxygens (including phenoxy) is 2. The van der Waals surface area contributed by atoms with E-state index >= 15 is 0 Å². The van der Waals surface area contributed by atoms with Gasteiger partial charge in [-0.1, -0.05) is 17.7 Å². The monoisotopic (exact) mass is 231 g/mol. The van der Waals surface area contributed by atoms with Crippen molar-refractivity contribution >= 4 is 11.6 Å². The Kier molecular flexibility index (Phi) is 4.44. The highest BCUT2D eigenvalue weighted by Crippen LogP contribution is 2.24. The Labute approximate surface area is 96.0 Å². The van der Waals surface area contributed by atoms with Crippen LogP contribution < -0.4 is 0 Å². The van der Waals surface area contributed by atoms with E-state index in [0.29, 0.717) is 5.92 Å². The molecule has 86 valence electrons. The molecule has 0 bridgehead atoms. The summed E-state index contributed by atoms with van der Waals surface area (Å²) in [6.45, 7) is 4.66. The molecule has 2 fully saturated rings. The zero-order valence-corrected chi connectivity index (χ0v) is 9.66. The Morgan fingerprint density at radius 1 is 1.33 bits per heavy atom. The largest absolute Gasteiger partial charge is 0.350 e. The Morgan fingerprint density at radius 2 is 2.13 bits per heavy atom. The lowest BCUT2D eigenvalue weighted by atomic mass is 9.97. The lowest BCUT2D eigenvalue weighted by molar-refractivity contribution is -0.0991. The van der Waals surface area contributed by atoms with E-state index in [4.69, 9.17) is 21.1 Å². The van der Waals surface area contributed by atoms with Gasteiger partial charge in [-0.15, -0.1) is 0 Å². The zero-order valence-electron chi connectivity index (χ0n) is 8.90. The van der Waals surface area contributed by atoms with Crippen LogP contribution in [0.2, 0.25) is 0 Å². The normalized spacial score (nSPS) is 30.3. The van der Waals surface area contributed by atoms with Gasteiger partial charge in [0.1, 0.15) is 0 Å². The highest BCUT2D eigenvalue weighted by atomic mass is 35.5. The predicted molar refractivity (Wildman–Crippen MR) is 59.8 cm³/mol. The molecule has 1 atom stereocenters. The molecule has 0 saturated carbocycles. The van der Waals surface area contributed by atoms with Crippen molar-refractivity contribution in [2.24, 2.45) is 5.92 Å². The molecule has 15 heavy (non-hydrogen) atoms. The van der Waals surface area contributed by atoms with Crippen molar-refractivity contribution in [1.82, 2.24) is 4.90 Å². The van der Waals surface area contributed by atoms with E-state index in [-0.39, 0.29) is 6.29 Å². The van der Waals surface area contributed by atoms with Gasteiger partial charge in [-0.3, -0.25) is 4.90 Å². The molecule has 3 nitrogen and oxygen atoms in total. The second-order valence-electron chi connectivity index (χ2n) is 4.13. The van der Waals surface area contributed by atoms with E-state index in [1.165, 1.54) is 12.8 Å². The zero-order chi connectivity index (χ0) is 10.5. The third kappa shape index (κ3) is 3.18. The fourth-order valence-corrected chi connectivity index (χ4v) is 2.40. The summed E-state index contributed by atoms with van der Waals surface area (Å²) >= 11 is 5.53. The summed E-state index contributed by atoms with van der Waals surface area (Å²) in [5.41, 5.74) is 1.59. The van der Waals surface area contributed by atoms with Crippen LogP contribution in [0.25, 0.3) is 0 Å². The van der Waals surface area contributed by atoms with Gasteiger partial charge in [0.25, 0.3) is 0 Å². The van der Waals surface area contributed by atoms with E-state index < -0.39 is 0 Å². The van der Waals surface area contributed by atoms with E-state index in [1.807, 2.05) is 6.08 Å². The number of halogens is 1. The van der Waals surface area contributed by atoms with Crippen molar-refractivity contribution in [2.45, 2.75) is 19.1 Å². The molecule has 4 heteroatoms. The first-order chi connectivity index (χ1) is 7.40. The molecule has 2 heterocycles. The molecule has 0 aromatic rings. The lowest BCUT2D eigenvalue weighted by Gasteiger charge is -2.33. The highest BCUT2D eigenvalue weighted by molar-refractivity contribution is 6.25. The molecule has 0 aliphatic carbocycles. The highest BCUT2D eigenvalue weighted by Gasteiger charge is 2.30.